The minimum Gasteiger partial charge on any atom is -0.349 e. The average molecular weight is 179 g/mol. The largest absolute Gasteiger partial charge is 0.349 e. The van der Waals surface area contributed by atoms with Crippen LogP contribution in [0.3, 0.4) is 0 Å². The van der Waals surface area contributed by atoms with Crippen LogP contribution in [0.5, 0.6) is 0 Å². The van der Waals surface area contributed by atoms with Gasteiger partial charge in [0.2, 0.25) is 5.91 Å². The van der Waals surface area contributed by atoms with E-state index in [1.54, 1.807) is 20.2 Å². The Balaban J connectivity index is 2.75. The lowest BCUT2D eigenvalue weighted by molar-refractivity contribution is -0.127. The third-order valence-corrected chi connectivity index (χ3v) is 1.61. The molecule has 1 amide bonds. The molecule has 0 saturated heterocycles. The minimum atomic E-state index is -0.302. The molecule has 1 rings (SSSR count). The average Bonchev–Trinajstić information content (AvgIpc) is 2.04. The number of amides is 1. The molecule has 0 spiro atoms. The van der Waals surface area contributed by atoms with Gasteiger partial charge in [-0.1, -0.05) is 0 Å². The maximum atomic E-state index is 11.2. The number of nitrogens with one attached hydrogen (secondary N) is 1. The van der Waals surface area contributed by atoms with Gasteiger partial charge < -0.3 is 9.88 Å². The molecule has 0 aliphatic carbocycles. The predicted molar refractivity (Wildman–Crippen MR) is 48.3 cm³/mol. The molecule has 69 valence electrons. The zero-order chi connectivity index (χ0) is 9.84. The smallest absolute Gasteiger partial charge is 0.256 e. The predicted octanol–water partition coefficient (Wildman–Crippen LogP) is -0.194. The quantitative estimate of drug-likeness (QED) is 0.684. The van der Waals surface area contributed by atoms with Crippen LogP contribution in [-0.2, 0) is 11.2 Å². The Hall–Kier alpha value is -1.58. The number of aromatic amines is 1. The van der Waals surface area contributed by atoms with Crippen LogP contribution in [0.2, 0.25) is 0 Å². The first-order chi connectivity index (χ1) is 6.09. The van der Waals surface area contributed by atoms with E-state index in [4.69, 9.17) is 0 Å². The van der Waals surface area contributed by atoms with Gasteiger partial charge in [0.1, 0.15) is 0 Å². The highest BCUT2D eigenvalue weighted by molar-refractivity contribution is 5.78. The van der Waals surface area contributed by atoms with Crippen LogP contribution < -0.4 is 5.56 Å². The van der Waals surface area contributed by atoms with E-state index < -0.39 is 0 Å². The Morgan fingerprint density at radius 1 is 1.62 bits per heavy atom. The van der Waals surface area contributed by atoms with E-state index in [0.29, 0.717) is 5.56 Å². The number of hydrogen-bond donors (Lipinski definition) is 1. The van der Waals surface area contributed by atoms with Crippen molar-refractivity contribution in [3.8, 4) is 0 Å². The number of likely N-dealkylation sites (N-methyl/N-ethyl adjacent to an activating group) is 1. The molecule has 0 aromatic carbocycles. The van der Waals surface area contributed by atoms with Crippen LogP contribution in [0.25, 0.3) is 0 Å². The van der Waals surface area contributed by atoms with Gasteiger partial charge in [-0.3, -0.25) is 9.59 Å². The van der Waals surface area contributed by atoms with Gasteiger partial charge in [0.15, 0.2) is 0 Å². The monoisotopic (exact) mass is 179 g/mol. The van der Waals surface area contributed by atoms with E-state index in [1.807, 2.05) is 0 Å². The van der Waals surface area contributed by atoms with Crippen molar-refractivity contribution >= 4 is 5.91 Å². The molecule has 0 bridgehead atoms. The second kappa shape index (κ2) is 3.89. The summed E-state index contributed by atoms with van der Waals surface area (Å²) in [6.45, 7) is 0. The normalized spacial score (nSPS) is 9.69. The van der Waals surface area contributed by atoms with Crippen LogP contribution in [0.1, 0.15) is 5.56 Å². The molecule has 1 N–H and O–H groups in total. The molecule has 0 unspecified atom stereocenters. The Bertz CT molecular complexity index is 355. The number of carbonyl (C=O) groups is 1. The lowest BCUT2D eigenvalue weighted by Crippen LogP contribution is -2.24. The highest BCUT2D eigenvalue weighted by Gasteiger charge is 2.05. The Morgan fingerprint density at radius 2 is 2.31 bits per heavy atom. The van der Waals surface area contributed by atoms with Crippen LogP contribution in [0.15, 0.2) is 17.1 Å². The molecule has 0 aliphatic heterocycles. The highest BCUT2D eigenvalue weighted by atomic mass is 16.2. The van der Waals surface area contributed by atoms with Gasteiger partial charge in [-0.05, 0) is 11.6 Å². The van der Waals surface area contributed by atoms with Gasteiger partial charge in [-0.25, -0.2) is 0 Å². The number of aromatic nitrogens is 1. The number of pyridine rings is 1. The second-order valence-corrected chi connectivity index (χ2v) is 2.92. The number of H-pyrrole nitrogens is 1. The van der Waals surface area contributed by atoms with Crippen molar-refractivity contribution in [2.45, 2.75) is 6.42 Å². The molecule has 4 heteroatoms. The van der Waals surface area contributed by atoms with Gasteiger partial charge in [-0.2, -0.15) is 0 Å². The van der Waals surface area contributed by atoms with Crippen molar-refractivity contribution in [2.75, 3.05) is 14.1 Å². The first-order valence-corrected chi connectivity index (χ1v) is 3.89. The van der Waals surface area contributed by atoms with Gasteiger partial charge in [-0.15, -0.1) is 0 Å². The maximum absolute atomic E-state index is 11.2. The highest BCUT2D eigenvalue weighted by Crippen LogP contribution is 1.95. The molecule has 4 nitrogen and oxygen atoms in total. The van der Waals surface area contributed by atoms with Crippen molar-refractivity contribution < 1.29 is 4.79 Å². The molecule has 1 heterocycles. The van der Waals surface area contributed by atoms with E-state index in [1.165, 1.54) is 11.1 Å². The SMILES string of the molecule is CN(C)C(=O)Cc1[c]c(=O)[nH]cc1. The summed E-state index contributed by atoms with van der Waals surface area (Å²) in [5.74, 6) is -0.0400. The second-order valence-electron chi connectivity index (χ2n) is 2.92. The summed E-state index contributed by atoms with van der Waals surface area (Å²) in [6, 6.07) is 4.20. The van der Waals surface area contributed by atoms with E-state index in [2.05, 4.69) is 11.1 Å². The topological polar surface area (TPSA) is 53.2 Å². The van der Waals surface area contributed by atoms with Crippen LogP contribution >= 0.6 is 0 Å². The number of hydrogen-bond acceptors (Lipinski definition) is 2. The van der Waals surface area contributed by atoms with E-state index in [-0.39, 0.29) is 17.9 Å². The van der Waals surface area contributed by atoms with Crippen LogP contribution in [-0.4, -0.2) is 29.9 Å². The number of nitrogens with zero attached hydrogens (tertiary/aromatic N) is 1. The van der Waals surface area contributed by atoms with E-state index in [9.17, 15) is 9.59 Å². The molecule has 0 aliphatic rings. The molecule has 0 atom stereocenters. The zero-order valence-corrected chi connectivity index (χ0v) is 7.63. The minimum absolute atomic E-state index is 0.0400. The van der Waals surface area contributed by atoms with Gasteiger partial charge in [0, 0.05) is 20.3 Å². The molecule has 13 heavy (non-hydrogen) atoms. The lowest BCUT2D eigenvalue weighted by atomic mass is 10.2. The van der Waals surface area contributed by atoms with Crippen molar-refractivity contribution in [3.63, 3.8) is 0 Å². The Kier molecular flexibility index (Phi) is 2.84. The van der Waals surface area contributed by atoms with E-state index >= 15 is 0 Å². The zero-order valence-electron chi connectivity index (χ0n) is 7.63. The summed E-state index contributed by atoms with van der Waals surface area (Å²) in [5, 5.41) is 0. The summed E-state index contributed by atoms with van der Waals surface area (Å²) in [7, 11) is 3.35. The molecule has 1 radical (unpaired) electrons. The molecule has 0 saturated carbocycles. The van der Waals surface area contributed by atoms with Crippen molar-refractivity contribution in [2.24, 2.45) is 0 Å². The van der Waals surface area contributed by atoms with Crippen molar-refractivity contribution in [3.05, 3.63) is 34.2 Å². The molecular formula is C9H11N2O2. The summed E-state index contributed by atoms with van der Waals surface area (Å²) in [6.07, 6.45) is 1.73. The first-order valence-electron chi connectivity index (χ1n) is 3.89. The fraction of sp³-hybridized carbons (Fsp3) is 0.333. The number of carbonyl (C=O) groups excluding carboxylic acids is 1. The standard InChI is InChI=1S/C9H11N2O2/c1-11(2)9(13)6-7-3-4-10-8(12)5-7/h3-4H,6H2,1-2H3,(H,10,12). The first kappa shape index (κ1) is 9.51. The molecule has 1 aromatic rings. The maximum Gasteiger partial charge on any atom is 0.256 e. The van der Waals surface area contributed by atoms with Crippen molar-refractivity contribution in [1.29, 1.82) is 0 Å². The fourth-order valence-electron chi connectivity index (χ4n) is 0.866. The Morgan fingerprint density at radius 3 is 2.85 bits per heavy atom. The van der Waals surface area contributed by atoms with Crippen LogP contribution in [0, 0.1) is 6.07 Å². The van der Waals surface area contributed by atoms with Gasteiger partial charge in [0.25, 0.3) is 5.56 Å². The number of rotatable bonds is 2. The molecule has 0 fully saturated rings. The third kappa shape index (κ3) is 2.74. The van der Waals surface area contributed by atoms with Crippen LogP contribution in [0.4, 0.5) is 0 Å². The third-order valence-electron chi connectivity index (χ3n) is 1.61. The molecular weight excluding hydrogens is 168 g/mol. The fourth-order valence-corrected chi connectivity index (χ4v) is 0.866. The van der Waals surface area contributed by atoms with Crippen molar-refractivity contribution in [1.82, 2.24) is 9.88 Å². The summed E-state index contributed by atoms with van der Waals surface area (Å²) in [5.41, 5.74) is 0.312. The van der Waals surface area contributed by atoms with Gasteiger partial charge >= 0.3 is 0 Å². The summed E-state index contributed by atoms with van der Waals surface area (Å²) >= 11 is 0. The molecule has 1 aromatic heterocycles. The lowest BCUT2D eigenvalue weighted by Gasteiger charge is -2.08. The summed E-state index contributed by atoms with van der Waals surface area (Å²) in [4.78, 5) is 25.9. The summed E-state index contributed by atoms with van der Waals surface area (Å²) < 4.78 is 0. The Labute approximate surface area is 76.2 Å². The van der Waals surface area contributed by atoms with E-state index in [0.717, 1.165) is 0 Å². The van der Waals surface area contributed by atoms with Gasteiger partial charge in [0.05, 0.1) is 12.5 Å².